The summed E-state index contributed by atoms with van der Waals surface area (Å²) in [6, 6.07) is 2.27. The van der Waals surface area contributed by atoms with E-state index in [0.717, 1.165) is 24.8 Å². The molecule has 0 radical (unpaired) electrons. The van der Waals surface area contributed by atoms with Crippen LogP contribution >= 0.6 is 0 Å². The van der Waals surface area contributed by atoms with Gasteiger partial charge in [-0.15, -0.1) is 0 Å². The van der Waals surface area contributed by atoms with Gasteiger partial charge in [0.25, 0.3) is 0 Å². The molecule has 4 heteroatoms. The first-order chi connectivity index (χ1) is 8.76. The summed E-state index contributed by atoms with van der Waals surface area (Å²) >= 11 is 0. The Hall–Kier alpha value is -1.16. The van der Waals surface area contributed by atoms with Gasteiger partial charge in [-0.25, -0.2) is 9.37 Å². The second kappa shape index (κ2) is 6.14. The number of ether oxygens (including phenoxy) is 1. The van der Waals surface area contributed by atoms with E-state index in [-0.39, 0.29) is 17.6 Å². The molecule has 0 aromatic carbocycles. The quantitative estimate of drug-likeness (QED) is 0.840. The van der Waals surface area contributed by atoms with Crippen molar-refractivity contribution in [2.45, 2.75) is 44.1 Å². The van der Waals surface area contributed by atoms with E-state index < -0.39 is 0 Å². The zero-order valence-electron chi connectivity index (χ0n) is 11.1. The molecule has 0 saturated heterocycles. The van der Waals surface area contributed by atoms with E-state index in [1.54, 1.807) is 12.3 Å². The zero-order chi connectivity index (χ0) is 13.0. The molecule has 2 atom stereocenters. The first kappa shape index (κ1) is 13.3. The van der Waals surface area contributed by atoms with Gasteiger partial charge in [0, 0.05) is 12.2 Å². The molecular formula is C14H21FN2O. The monoisotopic (exact) mass is 252 g/mol. The molecule has 0 aliphatic heterocycles. The lowest BCUT2D eigenvalue weighted by Gasteiger charge is -2.20. The average Bonchev–Trinajstić information content (AvgIpc) is 2.64. The minimum Gasteiger partial charge on any atom is -0.479 e. The molecule has 1 aromatic rings. The molecule has 2 unspecified atom stereocenters. The van der Waals surface area contributed by atoms with Crippen LogP contribution in [-0.4, -0.2) is 25.2 Å². The van der Waals surface area contributed by atoms with Crippen LogP contribution in [0, 0.1) is 5.82 Å². The van der Waals surface area contributed by atoms with Crippen molar-refractivity contribution in [2.75, 3.05) is 14.2 Å². The van der Waals surface area contributed by atoms with Gasteiger partial charge in [-0.05, 0) is 43.9 Å². The Balaban J connectivity index is 2.23. The number of nitrogens with one attached hydrogen (secondary N) is 1. The standard InChI is InChI=1S/C14H21FN2O/c1-16-11-6-4-3-5-10(9-11)12-7-8-17-14(18-2)13(12)15/h7-8,10-11,16H,3-6,9H2,1-2H3. The number of hydrogen-bond acceptors (Lipinski definition) is 3. The summed E-state index contributed by atoms with van der Waals surface area (Å²) in [6.07, 6.45) is 7.22. The Bertz CT molecular complexity index is 397. The Morgan fingerprint density at radius 3 is 2.89 bits per heavy atom. The lowest BCUT2D eigenvalue weighted by molar-refractivity contribution is 0.362. The van der Waals surface area contributed by atoms with E-state index in [4.69, 9.17) is 4.74 Å². The van der Waals surface area contributed by atoms with Crippen molar-refractivity contribution in [1.29, 1.82) is 0 Å². The third-order valence-corrected chi connectivity index (χ3v) is 3.85. The maximum Gasteiger partial charge on any atom is 0.250 e. The van der Waals surface area contributed by atoms with Crippen LogP contribution in [0.3, 0.4) is 0 Å². The van der Waals surface area contributed by atoms with Crippen LogP contribution < -0.4 is 10.1 Å². The second-order valence-corrected chi connectivity index (χ2v) is 4.93. The van der Waals surface area contributed by atoms with E-state index in [0.29, 0.717) is 6.04 Å². The molecule has 1 heterocycles. The van der Waals surface area contributed by atoms with Gasteiger partial charge >= 0.3 is 0 Å². The van der Waals surface area contributed by atoms with Crippen molar-refractivity contribution in [3.8, 4) is 5.88 Å². The maximum absolute atomic E-state index is 14.2. The molecule has 18 heavy (non-hydrogen) atoms. The molecule has 1 saturated carbocycles. The summed E-state index contributed by atoms with van der Waals surface area (Å²) in [7, 11) is 3.44. The second-order valence-electron chi connectivity index (χ2n) is 4.93. The number of halogens is 1. The predicted octanol–water partition coefficient (Wildman–Crippen LogP) is 2.87. The summed E-state index contributed by atoms with van der Waals surface area (Å²) in [5.41, 5.74) is 0.754. The van der Waals surface area contributed by atoms with E-state index in [9.17, 15) is 4.39 Å². The van der Waals surface area contributed by atoms with Crippen molar-refractivity contribution >= 4 is 0 Å². The molecule has 1 aliphatic carbocycles. The molecular weight excluding hydrogens is 231 g/mol. The number of pyridine rings is 1. The van der Waals surface area contributed by atoms with Crippen molar-refractivity contribution in [3.63, 3.8) is 0 Å². The van der Waals surface area contributed by atoms with Crippen LogP contribution in [0.2, 0.25) is 0 Å². The van der Waals surface area contributed by atoms with Gasteiger partial charge < -0.3 is 10.1 Å². The number of methoxy groups -OCH3 is 1. The van der Waals surface area contributed by atoms with Crippen molar-refractivity contribution in [1.82, 2.24) is 10.3 Å². The molecule has 1 aliphatic rings. The summed E-state index contributed by atoms with van der Waals surface area (Å²) in [6.45, 7) is 0. The summed E-state index contributed by atoms with van der Waals surface area (Å²) in [5.74, 6) is 0.0846. The van der Waals surface area contributed by atoms with Crippen molar-refractivity contribution < 1.29 is 9.13 Å². The van der Waals surface area contributed by atoms with Crippen LogP contribution in [0.1, 0.15) is 43.6 Å². The minimum atomic E-state index is -0.290. The molecule has 1 N–H and O–H groups in total. The Morgan fingerprint density at radius 2 is 2.17 bits per heavy atom. The summed E-state index contributed by atoms with van der Waals surface area (Å²) in [5, 5.41) is 3.32. The van der Waals surface area contributed by atoms with E-state index in [1.807, 2.05) is 7.05 Å². The lowest BCUT2D eigenvalue weighted by atomic mass is 9.90. The van der Waals surface area contributed by atoms with Gasteiger partial charge in [0.2, 0.25) is 5.88 Å². The first-order valence-electron chi connectivity index (χ1n) is 6.62. The van der Waals surface area contributed by atoms with E-state index in [1.165, 1.54) is 20.0 Å². The van der Waals surface area contributed by atoms with Crippen LogP contribution in [0.5, 0.6) is 5.88 Å². The maximum atomic E-state index is 14.2. The molecule has 3 nitrogen and oxygen atoms in total. The highest BCUT2D eigenvalue weighted by Gasteiger charge is 2.24. The average molecular weight is 252 g/mol. The fraction of sp³-hybridized carbons (Fsp3) is 0.643. The van der Waals surface area contributed by atoms with Crippen LogP contribution in [0.4, 0.5) is 4.39 Å². The van der Waals surface area contributed by atoms with Crippen LogP contribution in [0.25, 0.3) is 0 Å². The van der Waals surface area contributed by atoms with Gasteiger partial charge in [-0.2, -0.15) is 0 Å². The predicted molar refractivity (Wildman–Crippen MR) is 69.4 cm³/mol. The number of nitrogens with zero attached hydrogens (tertiary/aromatic N) is 1. The minimum absolute atomic E-state index is 0.109. The van der Waals surface area contributed by atoms with E-state index in [2.05, 4.69) is 10.3 Å². The molecule has 0 bridgehead atoms. The van der Waals surface area contributed by atoms with Crippen LogP contribution in [-0.2, 0) is 0 Å². The largest absolute Gasteiger partial charge is 0.479 e. The zero-order valence-corrected chi connectivity index (χ0v) is 11.1. The summed E-state index contributed by atoms with van der Waals surface area (Å²) < 4.78 is 19.2. The Kier molecular flexibility index (Phi) is 4.53. The van der Waals surface area contributed by atoms with E-state index >= 15 is 0 Å². The van der Waals surface area contributed by atoms with Gasteiger partial charge in [-0.3, -0.25) is 0 Å². The normalized spacial score (nSPS) is 24.6. The number of hydrogen-bond donors (Lipinski definition) is 1. The highest BCUT2D eigenvalue weighted by Crippen LogP contribution is 2.34. The summed E-state index contributed by atoms with van der Waals surface area (Å²) in [4.78, 5) is 3.90. The first-order valence-corrected chi connectivity index (χ1v) is 6.62. The third-order valence-electron chi connectivity index (χ3n) is 3.85. The Labute approximate surface area is 108 Å². The van der Waals surface area contributed by atoms with Crippen molar-refractivity contribution in [2.24, 2.45) is 0 Å². The fourth-order valence-corrected chi connectivity index (χ4v) is 2.80. The third kappa shape index (κ3) is 2.80. The highest BCUT2D eigenvalue weighted by atomic mass is 19.1. The number of aromatic nitrogens is 1. The van der Waals surface area contributed by atoms with Gasteiger partial charge in [0.1, 0.15) is 0 Å². The Morgan fingerprint density at radius 1 is 1.39 bits per heavy atom. The lowest BCUT2D eigenvalue weighted by Crippen LogP contribution is -2.26. The smallest absolute Gasteiger partial charge is 0.250 e. The van der Waals surface area contributed by atoms with Crippen molar-refractivity contribution in [3.05, 3.63) is 23.6 Å². The molecule has 2 rings (SSSR count). The van der Waals surface area contributed by atoms with Gasteiger partial charge in [0.05, 0.1) is 7.11 Å². The molecule has 0 spiro atoms. The topological polar surface area (TPSA) is 34.2 Å². The number of rotatable bonds is 3. The van der Waals surface area contributed by atoms with Crippen LogP contribution in [0.15, 0.2) is 12.3 Å². The molecule has 1 fully saturated rings. The van der Waals surface area contributed by atoms with Gasteiger partial charge in [-0.1, -0.05) is 12.8 Å². The highest BCUT2D eigenvalue weighted by molar-refractivity contribution is 5.27. The molecule has 0 amide bonds. The fourth-order valence-electron chi connectivity index (χ4n) is 2.80. The van der Waals surface area contributed by atoms with Gasteiger partial charge in [0.15, 0.2) is 5.82 Å². The molecule has 100 valence electrons. The SMILES string of the molecule is CNC1CCCCC(c2ccnc(OC)c2F)C1. The molecule has 1 aromatic heterocycles.